The van der Waals surface area contributed by atoms with Crippen LogP contribution in [0.4, 0.5) is 10.5 Å². The molecule has 0 radical (unpaired) electrons. The van der Waals surface area contributed by atoms with Crippen LogP contribution >= 0.6 is 0 Å². The van der Waals surface area contributed by atoms with Gasteiger partial charge in [-0.3, -0.25) is 5.32 Å². The van der Waals surface area contributed by atoms with Crippen molar-refractivity contribution in [2.45, 2.75) is 38.2 Å². The van der Waals surface area contributed by atoms with E-state index < -0.39 is 21.7 Å². The molecule has 1 aromatic rings. The largest absolute Gasteiger partial charge is 0.444 e. The molecule has 0 aliphatic carbocycles. The van der Waals surface area contributed by atoms with Crippen molar-refractivity contribution < 1.29 is 17.9 Å². The van der Waals surface area contributed by atoms with Crippen LogP contribution in [0.1, 0.15) is 26.3 Å². The first-order chi connectivity index (χ1) is 9.43. The number of hydrogen-bond donors (Lipinski definition) is 1. The molecular formula is C14H22N2O4S. The van der Waals surface area contributed by atoms with Gasteiger partial charge in [-0.25, -0.2) is 17.5 Å². The quantitative estimate of drug-likeness (QED) is 0.930. The summed E-state index contributed by atoms with van der Waals surface area (Å²) in [6.45, 7) is 6.96. The Morgan fingerprint density at radius 3 is 2.29 bits per heavy atom. The van der Waals surface area contributed by atoms with E-state index in [0.29, 0.717) is 11.3 Å². The number of benzene rings is 1. The predicted octanol–water partition coefficient (Wildman–Crippen LogP) is 2.59. The minimum atomic E-state index is -3.56. The van der Waals surface area contributed by atoms with Crippen LogP contribution in [0.25, 0.3) is 0 Å². The van der Waals surface area contributed by atoms with Crippen LogP contribution in [-0.4, -0.2) is 38.5 Å². The van der Waals surface area contributed by atoms with Crippen LogP contribution in [0.3, 0.4) is 0 Å². The zero-order valence-corrected chi connectivity index (χ0v) is 14.0. The summed E-state index contributed by atoms with van der Waals surface area (Å²) >= 11 is 0. The highest BCUT2D eigenvalue weighted by atomic mass is 32.2. The van der Waals surface area contributed by atoms with E-state index in [1.807, 2.05) is 0 Å². The number of sulfonamides is 1. The van der Waals surface area contributed by atoms with Crippen LogP contribution < -0.4 is 5.32 Å². The predicted molar refractivity (Wildman–Crippen MR) is 81.9 cm³/mol. The summed E-state index contributed by atoms with van der Waals surface area (Å²) in [6, 6.07) is 4.70. The van der Waals surface area contributed by atoms with E-state index in [1.54, 1.807) is 39.8 Å². The molecule has 6 nitrogen and oxygen atoms in total. The van der Waals surface area contributed by atoms with E-state index in [2.05, 4.69) is 5.32 Å². The van der Waals surface area contributed by atoms with Crippen molar-refractivity contribution >= 4 is 21.8 Å². The van der Waals surface area contributed by atoms with Gasteiger partial charge in [-0.1, -0.05) is 6.07 Å². The Kier molecular flexibility index (Phi) is 5.01. The molecule has 7 heteroatoms. The third-order valence-electron chi connectivity index (χ3n) is 2.59. The molecule has 0 saturated heterocycles. The average Bonchev–Trinajstić information content (AvgIpc) is 2.28. The molecule has 1 rings (SSSR count). The molecule has 0 bridgehead atoms. The lowest BCUT2D eigenvalue weighted by molar-refractivity contribution is 0.0636. The Morgan fingerprint density at radius 2 is 1.81 bits per heavy atom. The molecule has 0 aliphatic heterocycles. The normalized spacial score (nSPS) is 12.3. The summed E-state index contributed by atoms with van der Waals surface area (Å²) in [5, 5.41) is 2.53. The van der Waals surface area contributed by atoms with Crippen LogP contribution in [0.15, 0.2) is 23.1 Å². The van der Waals surface area contributed by atoms with E-state index in [1.165, 1.54) is 20.2 Å². The number of amides is 1. The van der Waals surface area contributed by atoms with Crippen LogP contribution in [0.2, 0.25) is 0 Å². The molecule has 1 N–H and O–H groups in total. The van der Waals surface area contributed by atoms with Gasteiger partial charge >= 0.3 is 6.09 Å². The molecule has 0 fully saturated rings. The fraction of sp³-hybridized carbons (Fsp3) is 0.500. The summed E-state index contributed by atoms with van der Waals surface area (Å²) in [4.78, 5) is 11.9. The smallest absolute Gasteiger partial charge is 0.412 e. The molecule has 1 aromatic carbocycles. The SMILES string of the molecule is Cc1ccc(NC(=O)OC(C)(C)C)cc1S(=O)(=O)N(C)C. The highest BCUT2D eigenvalue weighted by molar-refractivity contribution is 7.89. The monoisotopic (exact) mass is 314 g/mol. The van der Waals surface area contributed by atoms with Crippen molar-refractivity contribution in [1.29, 1.82) is 0 Å². The Bertz CT molecular complexity index is 631. The third-order valence-corrected chi connectivity index (χ3v) is 4.55. The van der Waals surface area contributed by atoms with Gasteiger partial charge < -0.3 is 4.74 Å². The first-order valence-corrected chi connectivity index (χ1v) is 7.90. The molecule has 0 aliphatic rings. The Balaban J connectivity index is 3.06. The fourth-order valence-corrected chi connectivity index (χ4v) is 2.72. The lowest BCUT2D eigenvalue weighted by Gasteiger charge is -2.20. The number of ether oxygens (including phenoxy) is 1. The highest BCUT2D eigenvalue weighted by Gasteiger charge is 2.21. The summed E-state index contributed by atoms with van der Waals surface area (Å²) in [5.74, 6) is 0. The summed E-state index contributed by atoms with van der Waals surface area (Å²) in [6.07, 6.45) is -0.625. The Hall–Kier alpha value is -1.60. The number of nitrogens with zero attached hydrogens (tertiary/aromatic N) is 1. The van der Waals surface area contributed by atoms with E-state index in [9.17, 15) is 13.2 Å². The van der Waals surface area contributed by atoms with Crippen LogP contribution in [0.5, 0.6) is 0 Å². The lowest BCUT2D eigenvalue weighted by Crippen LogP contribution is -2.27. The van der Waals surface area contributed by atoms with Gasteiger partial charge in [0.1, 0.15) is 5.60 Å². The Labute approximate surface area is 126 Å². The van der Waals surface area contributed by atoms with Gasteiger partial charge in [-0.15, -0.1) is 0 Å². The second-order valence-corrected chi connectivity index (χ2v) is 8.01. The van der Waals surface area contributed by atoms with Crippen molar-refractivity contribution in [3.8, 4) is 0 Å². The maximum Gasteiger partial charge on any atom is 0.412 e. The molecule has 0 aromatic heterocycles. The van der Waals surface area contributed by atoms with Gasteiger partial charge in [-0.2, -0.15) is 0 Å². The Morgan fingerprint density at radius 1 is 1.24 bits per heavy atom. The van der Waals surface area contributed by atoms with Crippen molar-refractivity contribution in [2.75, 3.05) is 19.4 Å². The average molecular weight is 314 g/mol. The summed E-state index contributed by atoms with van der Waals surface area (Å²) in [5.41, 5.74) is 0.363. The number of anilines is 1. The minimum Gasteiger partial charge on any atom is -0.444 e. The molecule has 0 spiro atoms. The van der Waals surface area contributed by atoms with Crippen molar-refractivity contribution in [3.05, 3.63) is 23.8 Å². The topological polar surface area (TPSA) is 75.7 Å². The third kappa shape index (κ3) is 4.71. The van der Waals surface area contributed by atoms with Gasteiger partial charge in [0.25, 0.3) is 0 Å². The number of hydrogen-bond acceptors (Lipinski definition) is 4. The fourth-order valence-electron chi connectivity index (χ4n) is 1.57. The van der Waals surface area contributed by atoms with Crippen LogP contribution in [0, 0.1) is 6.92 Å². The number of carbonyl (C=O) groups excluding carboxylic acids is 1. The first kappa shape index (κ1) is 17.5. The molecule has 0 saturated carbocycles. The van der Waals surface area contributed by atoms with Crippen molar-refractivity contribution in [3.63, 3.8) is 0 Å². The molecule has 21 heavy (non-hydrogen) atoms. The van der Waals surface area contributed by atoms with Gasteiger partial charge in [0, 0.05) is 19.8 Å². The highest BCUT2D eigenvalue weighted by Crippen LogP contribution is 2.22. The van der Waals surface area contributed by atoms with E-state index in [-0.39, 0.29) is 4.90 Å². The van der Waals surface area contributed by atoms with Gasteiger partial charge in [-0.05, 0) is 45.4 Å². The van der Waals surface area contributed by atoms with E-state index in [0.717, 1.165) is 4.31 Å². The zero-order valence-electron chi connectivity index (χ0n) is 13.2. The van der Waals surface area contributed by atoms with Gasteiger partial charge in [0.15, 0.2) is 0 Å². The molecule has 0 atom stereocenters. The van der Waals surface area contributed by atoms with E-state index >= 15 is 0 Å². The summed E-state index contributed by atoms with van der Waals surface area (Å²) < 4.78 is 30.7. The second kappa shape index (κ2) is 6.03. The number of aryl methyl sites for hydroxylation is 1. The standard InChI is InChI=1S/C14H22N2O4S/c1-10-7-8-11(15-13(17)20-14(2,3)4)9-12(10)21(18,19)16(5)6/h7-9H,1-6H3,(H,15,17). The maximum absolute atomic E-state index is 12.2. The minimum absolute atomic E-state index is 0.154. The van der Waals surface area contributed by atoms with Crippen molar-refractivity contribution in [2.24, 2.45) is 0 Å². The van der Waals surface area contributed by atoms with Gasteiger partial charge in [0.05, 0.1) is 4.90 Å². The van der Waals surface area contributed by atoms with Crippen LogP contribution in [-0.2, 0) is 14.8 Å². The maximum atomic E-state index is 12.2. The zero-order chi connectivity index (χ0) is 16.4. The van der Waals surface area contributed by atoms with Gasteiger partial charge in [0.2, 0.25) is 10.0 Å². The number of carbonyl (C=O) groups is 1. The molecule has 118 valence electrons. The first-order valence-electron chi connectivity index (χ1n) is 6.46. The second-order valence-electron chi connectivity index (χ2n) is 5.89. The lowest BCUT2D eigenvalue weighted by atomic mass is 10.2. The molecule has 1 amide bonds. The molecule has 0 heterocycles. The summed E-state index contributed by atoms with van der Waals surface area (Å²) in [7, 11) is -0.638. The number of rotatable bonds is 3. The van der Waals surface area contributed by atoms with Crippen molar-refractivity contribution in [1.82, 2.24) is 4.31 Å². The molecule has 0 unspecified atom stereocenters. The molecular weight excluding hydrogens is 292 g/mol. The number of nitrogens with one attached hydrogen (secondary N) is 1. The van der Waals surface area contributed by atoms with E-state index in [4.69, 9.17) is 4.74 Å².